The largest absolute Gasteiger partial charge is 0.496 e. The minimum atomic E-state index is 0. The fraction of sp³-hybridized carbons (Fsp3) is 0.600. The van der Waals surface area contributed by atoms with Crippen LogP contribution in [-0.2, 0) is 6.42 Å². The molecule has 4 aromatic rings. The smallest absolute Gasteiger partial charge is 0.161 e. The number of hydrogen-bond donors (Lipinski definition) is 0. The molecule has 0 heterocycles. The molecule has 0 radical (unpaired) electrons. The summed E-state index contributed by atoms with van der Waals surface area (Å²) >= 11 is 0. The van der Waals surface area contributed by atoms with E-state index >= 15 is 0 Å². The Kier molecular flexibility index (Phi) is 19.2. The zero-order chi connectivity index (χ0) is 35.6. The van der Waals surface area contributed by atoms with E-state index < -0.39 is 0 Å². The molecule has 4 rings (SSSR count). The van der Waals surface area contributed by atoms with Crippen LogP contribution >= 0.6 is 0 Å². The highest BCUT2D eigenvalue weighted by molar-refractivity contribution is 6.26. The molecule has 284 valence electrons. The fourth-order valence-corrected chi connectivity index (χ4v) is 7.24. The summed E-state index contributed by atoms with van der Waals surface area (Å²) in [5.41, 5.74) is 1.26. The molecule has 0 saturated heterocycles. The van der Waals surface area contributed by atoms with Crippen molar-refractivity contribution in [1.82, 2.24) is 0 Å². The minimum Gasteiger partial charge on any atom is -0.496 e. The molecule has 0 bridgehead atoms. The maximum absolute atomic E-state index is 6.44. The fourth-order valence-electron chi connectivity index (χ4n) is 7.24. The summed E-state index contributed by atoms with van der Waals surface area (Å²) in [6.07, 6.45) is 23.3. The van der Waals surface area contributed by atoms with E-state index in [0.29, 0.717) is 13.2 Å². The Balaban J connectivity index is 0.00000702. The zero-order valence-electron chi connectivity index (χ0n) is 32.9. The van der Waals surface area contributed by atoms with E-state index in [0.717, 1.165) is 81.4 Å². The Hall–Kier alpha value is -3.38. The van der Waals surface area contributed by atoms with E-state index in [-0.39, 0.29) is 5.48 Å². The van der Waals surface area contributed by atoms with Crippen LogP contribution in [0.25, 0.3) is 32.3 Å². The lowest BCUT2D eigenvalue weighted by molar-refractivity contribution is 0.285. The highest BCUT2D eigenvalue weighted by Gasteiger charge is 2.19. The van der Waals surface area contributed by atoms with Gasteiger partial charge in [-0.1, -0.05) is 117 Å². The molecule has 0 atom stereocenters. The first kappa shape index (κ1) is 42.0. The van der Waals surface area contributed by atoms with Crippen molar-refractivity contribution in [2.24, 2.45) is 0 Å². The van der Waals surface area contributed by atoms with E-state index in [1.807, 2.05) is 0 Å². The molecule has 0 fully saturated rings. The molecular weight excluding hydrogens is 636 g/mol. The number of rotatable bonds is 26. The molecule has 0 aliphatic carbocycles. The second-order valence-corrected chi connectivity index (χ2v) is 14.1. The van der Waals surface area contributed by atoms with Crippen molar-refractivity contribution in [3.05, 3.63) is 42.0 Å². The molecule has 6 heteroatoms. The van der Waals surface area contributed by atoms with Gasteiger partial charge in [0.15, 0.2) is 23.0 Å². The molecule has 0 aliphatic heterocycles. The Morgan fingerprint density at radius 2 is 0.667 bits per heavy atom. The van der Waals surface area contributed by atoms with Crippen molar-refractivity contribution in [1.29, 1.82) is 0 Å². The van der Waals surface area contributed by atoms with Crippen LogP contribution in [0.2, 0.25) is 0 Å². The quantitative estimate of drug-likeness (QED) is 0.0480. The van der Waals surface area contributed by atoms with E-state index in [4.69, 9.17) is 23.7 Å². The Bertz CT molecular complexity index is 1540. The van der Waals surface area contributed by atoms with Gasteiger partial charge < -0.3 is 29.2 Å². The van der Waals surface area contributed by atoms with Crippen LogP contribution in [0.4, 0.5) is 0 Å². The maximum atomic E-state index is 6.44. The van der Waals surface area contributed by atoms with Crippen LogP contribution in [0.15, 0.2) is 36.4 Å². The number of unbranched alkanes of at least 4 members (excludes halogenated alkanes) is 15. The van der Waals surface area contributed by atoms with Gasteiger partial charge in [0.05, 0.1) is 34.5 Å². The minimum absolute atomic E-state index is 0. The van der Waals surface area contributed by atoms with Gasteiger partial charge in [-0.2, -0.15) is 0 Å². The van der Waals surface area contributed by atoms with Crippen LogP contribution in [0.1, 0.15) is 142 Å². The number of benzene rings is 4. The van der Waals surface area contributed by atoms with E-state index in [1.54, 1.807) is 21.3 Å². The standard InChI is InChI=1S/C45H66O5.H2O/c1-7-10-13-16-19-22-25-34-28-35-36(29-41(34)46-4)39-32-44(49-26-23-20-17-14-11-8-2)43(48-6)31-38(39)40-33-45(42(47-5)30-37(35)40)50-27-24-21-18-15-12-9-3;/h28-33H,7-27H2,1-6H3;1H2. The number of ether oxygens (including phenoxy) is 5. The van der Waals surface area contributed by atoms with Crippen LogP contribution in [0.3, 0.4) is 0 Å². The number of aryl methyl sites for hydroxylation is 1. The molecule has 2 N–H and O–H groups in total. The molecule has 0 unspecified atom stereocenters. The lowest BCUT2D eigenvalue weighted by Crippen LogP contribution is -2.01. The van der Waals surface area contributed by atoms with Crippen LogP contribution in [0.5, 0.6) is 28.7 Å². The van der Waals surface area contributed by atoms with Crippen molar-refractivity contribution >= 4 is 32.3 Å². The molecule has 51 heavy (non-hydrogen) atoms. The van der Waals surface area contributed by atoms with Gasteiger partial charge in [0, 0.05) is 0 Å². The van der Waals surface area contributed by atoms with Crippen LogP contribution in [-0.4, -0.2) is 40.0 Å². The van der Waals surface area contributed by atoms with Crippen molar-refractivity contribution in [2.45, 2.75) is 143 Å². The molecule has 0 amide bonds. The molecule has 0 aliphatic rings. The maximum Gasteiger partial charge on any atom is 0.161 e. The average Bonchev–Trinajstić information content (AvgIpc) is 3.14. The normalized spacial score (nSPS) is 11.3. The molecule has 0 spiro atoms. The van der Waals surface area contributed by atoms with E-state index in [2.05, 4.69) is 57.2 Å². The number of fused-ring (bicyclic) bond motifs is 6. The summed E-state index contributed by atoms with van der Waals surface area (Å²) in [4.78, 5) is 0. The van der Waals surface area contributed by atoms with Crippen molar-refractivity contribution in [3.8, 4) is 28.7 Å². The zero-order valence-corrected chi connectivity index (χ0v) is 32.9. The highest BCUT2D eigenvalue weighted by atomic mass is 16.5. The summed E-state index contributed by atoms with van der Waals surface area (Å²) in [5.74, 6) is 4.04. The molecule has 0 aromatic heterocycles. The van der Waals surface area contributed by atoms with Gasteiger partial charge in [0.25, 0.3) is 0 Å². The van der Waals surface area contributed by atoms with Gasteiger partial charge in [-0.25, -0.2) is 0 Å². The Morgan fingerprint density at radius 1 is 0.353 bits per heavy atom. The third-order valence-corrected chi connectivity index (χ3v) is 10.2. The van der Waals surface area contributed by atoms with Gasteiger partial charge in [0.1, 0.15) is 5.75 Å². The Labute approximate surface area is 308 Å². The lowest BCUT2D eigenvalue weighted by atomic mass is 9.91. The summed E-state index contributed by atoms with van der Waals surface area (Å²) in [7, 11) is 5.27. The van der Waals surface area contributed by atoms with Gasteiger partial charge in [-0.15, -0.1) is 0 Å². The second kappa shape index (κ2) is 23.2. The second-order valence-electron chi connectivity index (χ2n) is 14.1. The third kappa shape index (κ3) is 11.8. The third-order valence-electron chi connectivity index (χ3n) is 10.2. The van der Waals surface area contributed by atoms with Gasteiger partial charge in [-0.05, 0) is 100.0 Å². The summed E-state index contributed by atoms with van der Waals surface area (Å²) in [5, 5.41) is 6.85. The van der Waals surface area contributed by atoms with Crippen molar-refractivity contribution in [3.63, 3.8) is 0 Å². The molecule has 4 aromatic carbocycles. The molecular formula is C45H68O6. The SMILES string of the molecule is CCCCCCCCOc1cc2c3cc(OC)c(CCCCCCCC)cc3c3cc(OC)c(OCCCCCCCC)cc3c2cc1OC.O. The predicted molar refractivity (Wildman–Crippen MR) is 217 cm³/mol. The number of methoxy groups -OCH3 is 3. The topological polar surface area (TPSA) is 77.7 Å². The van der Waals surface area contributed by atoms with Crippen LogP contribution in [0, 0.1) is 0 Å². The first-order chi connectivity index (χ1) is 24.6. The van der Waals surface area contributed by atoms with Gasteiger partial charge >= 0.3 is 0 Å². The van der Waals surface area contributed by atoms with E-state index in [1.165, 1.54) is 107 Å². The molecule has 0 saturated carbocycles. The Morgan fingerprint density at radius 3 is 1.06 bits per heavy atom. The van der Waals surface area contributed by atoms with Crippen LogP contribution < -0.4 is 23.7 Å². The van der Waals surface area contributed by atoms with Gasteiger partial charge in [0.2, 0.25) is 0 Å². The average molecular weight is 705 g/mol. The summed E-state index contributed by atoms with van der Waals surface area (Å²) < 4.78 is 30.9. The van der Waals surface area contributed by atoms with E-state index in [9.17, 15) is 0 Å². The lowest BCUT2D eigenvalue weighted by Gasteiger charge is -2.19. The van der Waals surface area contributed by atoms with Gasteiger partial charge in [-0.3, -0.25) is 0 Å². The summed E-state index contributed by atoms with van der Waals surface area (Å²) in [6, 6.07) is 13.3. The molecule has 6 nitrogen and oxygen atoms in total. The first-order valence-electron chi connectivity index (χ1n) is 20.0. The highest BCUT2D eigenvalue weighted by Crippen LogP contribution is 2.46. The van der Waals surface area contributed by atoms with Crippen molar-refractivity contribution < 1.29 is 29.2 Å². The first-order valence-corrected chi connectivity index (χ1v) is 20.0. The summed E-state index contributed by atoms with van der Waals surface area (Å²) in [6.45, 7) is 8.15. The van der Waals surface area contributed by atoms with Crippen molar-refractivity contribution in [2.75, 3.05) is 34.5 Å². The monoisotopic (exact) mass is 705 g/mol. The number of hydrogen-bond acceptors (Lipinski definition) is 5. The predicted octanol–water partition coefficient (Wildman–Crippen LogP) is 12.7.